The van der Waals surface area contributed by atoms with Crippen molar-refractivity contribution in [3.63, 3.8) is 0 Å². The third-order valence-corrected chi connectivity index (χ3v) is 10.2. The highest BCUT2D eigenvalue weighted by Crippen LogP contribution is 2.47. The maximum Gasteiger partial charge on any atom is 0.355 e. The van der Waals surface area contributed by atoms with E-state index in [0.29, 0.717) is 0 Å². The molecule has 0 N–H and O–H groups in total. The molecule has 3 aromatic rings. The molecule has 0 unspecified atom stereocenters. The summed E-state index contributed by atoms with van der Waals surface area (Å²) in [5.74, 6) is 0.0549. The molecule has 0 saturated carbocycles. The van der Waals surface area contributed by atoms with E-state index in [-0.39, 0.29) is 28.4 Å². The van der Waals surface area contributed by atoms with Gasteiger partial charge in [0.15, 0.2) is 4.34 Å². The van der Waals surface area contributed by atoms with E-state index < -0.39 is 5.97 Å². The molecule has 0 radical (unpaired) electrons. The van der Waals surface area contributed by atoms with Crippen LogP contribution in [0.2, 0.25) is 0 Å². The summed E-state index contributed by atoms with van der Waals surface area (Å²) < 4.78 is 12.7. The number of esters is 1. The van der Waals surface area contributed by atoms with Gasteiger partial charge in [-0.05, 0) is 60.0 Å². The molecule has 1 fully saturated rings. The number of rotatable bonds is 8. The minimum Gasteiger partial charge on any atom is -0.497 e. The van der Waals surface area contributed by atoms with Gasteiger partial charge in [-0.1, -0.05) is 51.0 Å². The molecular formula is C23H21BrN2O4S3. The van der Waals surface area contributed by atoms with Crippen LogP contribution in [0.5, 0.6) is 5.75 Å². The summed E-state index contributed by atoms with van der Waals surface area (Å²) in [6.45, 7) is 3.72. The van der Waals surface area contributed by atoms with Gasteiger partial charge in [0.1, 0.15) is 28.3 Å². The number of methoxy groups -OCH3 is 1. The zero-order valence-electron chi connectivity index (χ0n) is 18.1. The smallest absolute Gasteiger partial charge is 0.355 e. The number of thiazole rings is 1. The van der Waals surface area contributed by atoms with Crippen molar-refractivity contribution in [1.29, 1.82) is 0 Å². The first kappa shape index (κ1) is 24.1. The van der Waals surface area contributed by atoms with Crippen LogP contribution in [0, 0.1) is 0 Å². The zero-order valence-corrected chi connectivity index (χ0v) is 22.1. The number of allylic oxidation sites excluding steroid dienone is 1. The fourth-order valence-corrected chi connectivity index (χ4v) is 8.26. The summed E-state index contributed by atoms with van der Waals surface area (Å²) in [7, 11) is 4.61. The van der Waals surface area contributed by atoms with Crippen molar-refractivity contribution in [3.8, 4) is 5.75 Å². The molecular weight excluding hydrogens is 544 g/mol. The Kier molecular flexibility index (Phi) is 7.68. The minimum absolute atomic E-state index is 0.109. The van der Waals surface area contributed by atoms with Crippen LogP contribution in [0.1, 0.15) is 19.4 Å². The van der Waals surface area contributed by atoms with Crippen LogP contribution in [-0.4, -0.2) is 39.1 Å². The van der Waals surface area contributed by atoms with E-state index in [1.54, 1.807) is 32.3 Å². The van der Waals surface area contributed by atoms with Gasteiger partial charge in [0.25, 0.3) is 0 Å². The monoisotopic (exact) mass is 564 g/mol. The van der Waals surface area contributed by atoms with Crippen LogP contribution in [0.25, 0.3) is 10.2 Å². The predicted octanol–water partition coefficient (Wildman–Crippen LogP) is 6.01. The van der Waals surface area contributed by atoms with Gasteiger partial charge in [0, 0.05) is 0 Å². The number of hydrogen-bond acceptors (Lipinski definition) is 8. The van der Waals surface area contributed by atoms with Crippen molar-refractivity contribution in [2.45, 2.75) is 35.0 Å². The Morgan fingerprint density at radius 1 is 1.18 bits per heavy atom. The van der Waals surface area contributed by atoms with Gasteiger partial charge in [0.2, 0.25) is 5.91 Å². The lowest BCUT2D eigenvalue weighted by Gasteiger charge is -2.44. The lowest BCUT2D eigenvalue weighted by Crippen LogP contribution is -2.60. The van der Waals surface area contributed by atoms with Crippen LogP contribution in [-0.2, 0) is 20.9 Å². The number of benzene rings is 2. The van der Waals surface area contributed by atoms with Crippen molar-refractivity contribution in [3.05, 3.63) is 65.4 Å². The Hall–Kier alpha value is -2.01. The van der Waals surface area contributed by atoms with Crippen molar-refractivity contribution in [2.24, 2.45) is 0 Å². The zero-order chi connectivity index (χ0) is 23.5. The minimum atomic E-state index is -0.519. The Bertz CT molecular complexity index is 1170. The Morgan fingerprint density at radius 2 is 1.91 bits per heavy atom. The number of likely N-dealkylation sites (tertiary alicyclic amines) is 1. The van der Waals surface area contributed by atoms with Crippen molar-refractivity contribution >= 4 is 70.9 Å². The number of carbonyl (C=O) groups is 2. The maximum atomic E-state index is 13.0. The lowest BCUT2D eigenvalue weighted by atomic mass is 10.1. The number of carbonyl (C=O) groups excluding carboxylic acids is 2. The van der Waals surface area contributed by atoms with Crippen LogP contribution in [0.3, 0.4) is 0 Å². The van der Waals surface area contributed by atoms with Crippen molar-refractivity contribution in [1.82, 2.24) is 9.88 Å². The molecule has 1 saturated heterocycles. The number of halogens is 1. The quantitative estimate of drug-likeness (QED) is 0.109. The highest BCUT2D eigenvalue weighted by atomic mass is 79.9. The van der Waals surface area contributed by atoms with E-state index in [9.17, 15) is 9.59 Å². The number of aromatic nitrogens is 1. The molecule has 4 rings (SSSR count). The molecule has 2 atom stereocenters. The molecule has 0 spiro atoms. The van der Waals surface area contributed by atoms with E-state index in [2.05, 4.69) is 20.9 Å². The van der Waals surface area contributed by atoms with Gasteiger partial charge in [-0.15, -0.1) is 11.3 Å². The summed E-state index contributed by atoms with van der Waals surface area (Å²) >= 11 is 5.07. The number of amides is 1. The summed E-state index contributed by atoms with van der Waals surface area (Å²) in [4.78, 5) is 31.4. The molecule has 1 aliphatic heterocycles. The Balaban J connectivity index is 1.44. The lowest BCUT2D eigenvalue weighted by molar-refractivity contribution is -0.149. The topological polar surface area (TPSA) is 68.7 Å². The van der Waals surface area contributed by atoms with E-state index >= 15 is 0 Å². The second-order valence-corrected chi connectivity index (χ2v) is 12.0. The molecule has 2 heterocycles. The van der Waals surface area contributed by atoms with E-state index in [0.717, 1.165) is 31.4 Å². The molecule has 172 valence electrons. The second-order valence-electron chi connectivity index (χ2n) is 7.40. The fraction of sp³-hybridized carbons (Fsp3) is 0.261. The molecule has 1 aliphatic rings. The largest absolute Gasteiger partial charge is 0.497 e. The van der Waals surface area contributed by atoms with Gasteiger partial charge >= 0.3 is 5.97 Å². The predicted molar refractivity (Wildman–Crippen MR) is 138 cm³/mol. The van der Waals surface area contributed by atoms with Gasteiger partial charge in [0.05, 0.1) is 17.3 Å². The highest BCUT2D eigenvalue weighted by molar-refractivity contribution is 9.10. The number of hydrogen-bond donors (Lipinski definition) is 0. The molecule has 1 amide bonds. The first-order valence-electron chi connectivity index (χ1n) is 10.0. The Labute approximate surface area is 212 Å². The standard InChI is InChI=1S/C23H21BrN2O4S3/c1-13(2)19(22(28)30-12-14-8-10-15(29-3)11-9-14)26-20(27)18(24)21(26)32-33-23-25-16-6-4-5-7-17(16)31-23/h4-11,18,21H,12H2,1-3H3/t18-,21+/m0/s1. The normalized spacial score (nSPS) is 17.6. The van der Waals surface area contributed by atoms with Gasteiger partial charge < -0.3 is 9.47 Å². The molecule has 0 bridgehead atoms. The summed E-state index contributed by atoms with van der Waals surface area (Å²) in [5, 5.41) is -0.257. The molecule has 33 heavy (non-hydrogen) atoms. The summed E-state index contributed by atoms with van der Waals surface area (Å²) in [6, 6.07) is 15.3. The summed E-state index contributed by atoms with van der Waals surface area (Å²) in [6.07, 6.45) is 0. The van der Waals surface area contributed by atoms with Crippen LogP contribution in [0.4, 0.5) is 0 Å². The number of nitrogens with zero attached hydrogens (tertiary/aromatic N) is 2. The van der Waals surface area contributed by atoms with Gasteiger partial charge in [-0.3, -0.25) is 9.69 Å². The van der Waals surface area contributed by atoms with E-state index in [4.69, 9.17) is 9.47 Å². The number of para-hydroxylation sites is 1. The second kappa shape index (κ2) is 10.5. The molecule has 0 aliphatic carbocycles. The average molecular weight is 566 g/mol. The highest BCUT2D eigenvalue weighted by Gasteiger charge is 2.50. The third kappa shape index (κ3) is 5.24. The van der Waals surface area contributed by atoms with Crippen molar-refractivity contribution < 1.29 is 19.1 Å². The van der Waals surface area contributed by atoms with E-state index in [1.165, 1.54) is 26.5 Å². The molecule has 10 heteroatoms. The third-order valence-electron chi connectivity index (χ3n) is 4.91. The maximum absolute atomic E-state index is 13.0. The number of ether oxygens (including phenoxy) is 2. The van der Waals surface area contributed by atoms with Crippen LogP contribution >= 0.6 is 48.9 Å². The molecule has 6 nitrogen and oxygen atoms in total. The molecule has 2 aromatic carbocycles. The summed E-state index contributed by atoms with van der Waals surface area (Å²) in [5.41, 5.74) is 2.79. The first-order valence-corrected chi connectivity index (χ1v) is 14.0. The number of fused-ring (bicyclic) bond motifs is 1. The fourth-order valence-electron chi connectivity index (χ4n) is 3.22. The Morgan fingerprint density at radius 3 is 2.58 bits per heavy atom. The van der Waals surface area contributed by atoms with E-state index in [1.807, 2.05) is 48.5 Å². The molecule has 1 aromatic heterocycles. The first-order chi connectivity index (χ1) is 15.9. The van der Waals surface area contributed by atoms with Crippen molar-refractivity contribution in [2.75, 3.05) is 7.11 Å². The van der Waals surface area contributed by atoms with Crippen LogP contribution < -0.4 is 4.74 Å². The van der Waals surface area contributed by atoms with Gasteiger partial charge in [-0.25, -0.2) is 9.78 Å². The average Bonchev–Trinajstić information content (AvgIpc) is 3.24. The van der Waals surface area contributed by atoms with Gasteiger partial charge in [-0.2, -0.15) is 0 Å². The SMILES string of the molecule is COc1ccc(COC(=O)C(=C(C)C)N2C(=O)[C@H](Br)[C@H]2SSc2nc3ccccc3s2)cc1. The van der Waals surface area contributed by atoms with Crippen LogP contribution in [0.15, 0.2) is 64.1 Å². The number of alkyl halides is 1. The number of β-lactam (4-membered cyclic amide) rings is 1.